The van der Waals surface area contributed by atoms with Crippen LogP contribution in [0.25, 0.3) is 0 Å². The monoisotopic (exact) mass is 316 g/mol. The maximum Gasteiger partial charge on any atom is 0.573 e. The lowest BCUT2D eigenvalue weighted by Crippen LogP contribution is -2.17. The number of halogens is 3. The number of ether oxygens (including phenoxy) is 1. The van der Waals surface area contributed by atoms with Crippen LogP contribution in [0.15, 0.2) is 24.3 Å². The fourth-order valence-corrected chi connectivity index (χ4v) is 2.68. The highest BCUT2D eigenvalue weighted by Crippen LogP contribution is 2.25. The van der Waals surface area contributed by atoms with Gasteiger partial charge in [-0.3, -0.25) is 0 Å². The predicted octanol–water partition coefficient (Wildman–Crippen LogP) is 6.51. The molecule has 0 spiro atoms. The maximum atomic E-state index is 12.1. The van der Waals surface area contributed by atoms with Crippen LogP contribution in [0.1, 0.15) is 64.4 Å². The van der Waals surface area contributed by atoms with Crippen molar-refractivity contribution >= 4 is 0 Å². The smallest absolute Gasteiger partial charge is 0.406 e. The Kier molecular flexibility index (Phi) is 8.36. The molecule has 22 heavy (non-hydrogen) atoms. The van der Waals surface area contributed by atoms with Gasteiger partial charge in [0, 0.05) is 0 Å². The molecule has 1 rings (SSSR count). The van der Waals surface area contributed by atoms with Crippen LogP contribution in [0.3, 0.4) is 0 Å². The number of alkyl halides is 3. The fraction of sp³-hybridized carbons (Fsp3) is 0.667. The van der Waals surface area contributed by atoms with Crippen molar-refractivity contribution in [1.29, 1.82) is 0 Å². The normalized spacial score (nSPS) is 13.1. The Labute approximate surface area is 131 Å². The van der Waals surface area contributed by atoms with Gasteiger partial charge in [0.1, 0.15) is 5.75 Å². The number of rotatable bonds is 10. The summed E-state index contributed by atoms with van der Waals surface area (Å²) in [5.74, 6) is 0.480. The summed E-state index contributed by atoms with van der Waals surface area (Å²) in [6.45, 7) is 4.38. The molecule has 0 saturated carbocycles. The Balaban J connectivity index is 2.56. The van der Waals surface area contributed by atoms with Crippen molar-refractivity contribution < 1.29 is 17.9 Å². The van der Waals surface area contributed by atoms with E-state index in [4.69, 9.17) is 0 Å². The summed E-state index contributed by atoms with van der Waals surface area (Å²) >= 11 is 0. The molecule has 1 atom stereocenters. The molecule has 1 nitrogen and oxygen atoms in total. The van der Waals surface area contributed by atoms with E-state index in [1.54, 1.807) is 12.1 Å². The van der Waals surface area contributed by atoms with Crippen LogP contribution in [-0.4, -0.2) is 6.36 Å². The van der Waals surface area contributed by atoms with E-state index in [-0.39, 0.29) is 5.75 Å². The van der Waals surface area contributed by atoms with Gasteiger partial charge in [0.25, 0.3) is 0 Å². The second-order valence-corrected chi connectivity index (χ2v) is 5.90. The van der Waals surface area contributed by atoms with Crippen LogP contribution in [0.2, 0.25) is 0 Å². The molecule has 0 fully saturated rings. The molecule has 1 unspecified atom stereocenters. The fourth-order valence-electron chi connectivity index (χ4n) is 2.68. The van der Waals surface area contributed by atoms with Gasteiger partial charge in [-0.1, -0.05) is 70.9 Å². The van der Waals surface area contributed by atoms with Crippen LogP contribution in [-0.2, 0) is 6.42 Å². The van der Waals surface area contributed by atoms with Crippen LogP contribution in [0, 0.1) is 5.92 Å². The van der Waals surface area contributed by atoms with Crippen LogP contribution in [0.4, 0.5) is 13.2 Å². The molecule has 4 heteroatoms. The van der Waals surface area contributed by atoms with Crippen molar-refractivity contribution in [3.63, 3.8) is 0 Å². The predicted molar refractivity (Wildman–Crippen MR) is 84.0 cm³/mol. The molecule has 0 aliphatic heterocycles. The third-order valence-corrected chi connectivity index (χ3v) is 3.86. The van der Waals surface area contributed by atoms with Gasteiger partial charge in [-0.25, -0.2) is 0 Å². The number of unbranched alkanes of at least 4 members (excludes halogenated alkanes) is 3. The molecule has 1 aromatic rings. The van der Waals surface area contributed by atoms with E-state index in [9.17, 15) is 13.2 Å². The molecule has 0 N–H and O–H groups in total. The average Bonchev–Trinajstić information content (AvgIpc) is 2.45. The molecular formula is C18H27F3O. The van der Waals surface area contributed by atoms with Crippen LogP contribution >= 0.6 is 0 Å². The minimum absolute atomic E-state index is 0.146. The largest absolute Gasteiger partial charge is 0.573 e. The molecule has 0 saturated heterocycles. The van der Waals surface area contributed by atoms with Crippen molar-refractivity contribution in [2.75, 3.05) is 0 Å². The van der Waals surface area contributed by atoms with Gasteiger partial charge in [-0.2, -0.15) is 0 Å². The molecule has 0 aromatic heterocycles. The summed E-state index contributed by atoms with van der Waals surface area (Å²) in [6, 6.07) is 6.32. The standard InChI is InChI=1S/C18H27F3O/c1-3-5-7-9-15(8-6-4-2)14-16-10-12-17(13-11-16)22-18(19,20)21/h10-13,15H,3-9,14H2,1-2H3. The Bertz CT molecular complexity index is 398. The van der Waals surface area contributed by atoms with E-state index in [0.29, 0.717) is 5.92 Å². The molecule has 0 radical (unpaired) electrons. The van der Waals surface area contributed by atoms with E-state index < -0.39 is 6.36 Å². The topological polar surface area (TPSA) is 9.23 Å². The van der Waals surface area contributed by atoms with Crippen molar-refractivity contribution in [1.82, 2.24) is 0 Å². The van der Waals surface area contributed by atoms with Gasteiger partial charge in [0.15, 0.2) is 0 Å². The summed E-state index contributed by atoms with van der Waals surface area (Å²) in [5.41, 5.74) is 1.09. The Morgan fingerprint density at radius 1 is 0.909 bits per heavy atom. The number of hydrogen-bond acceptors (Lipinski definition) is 1. The van der Waals surface area contributed by atoms with Crippen molar-refractivity contribution in [3.05, 3.63) is 29.8 Å². The molecule has 0 heterocycles. The van der Waals surface area contributed by atoms with Gasteiger partial charge in [0.2, 0.25) is 0 Å². The van der Waals surface area contributed by atoms with Crippen LogP contribution < -0.4 is 4.74 Å². The van der Waals surface area contributed by atoms with E-state index in [1.165, 1.54) is 57.1 Å². The molecular weight excluding hydrogens is 289 g/mol. The highest BCUT2D eigenvalue weighted by molar-refractivity contribution is 5.27. The summed E-state index contributed by atoms with van der Waals surface area (Å²) in [5, 5.41) is 0. The number of benzene rings is 1. The lowest BCUT2D eigenvalue weighted by Gasteiger charge is -2.17. The lowest BCUT2D eigenvalue weighted by molar-refractivity contribution is -0.274. The van der Waals surface area contributed by atoms with Gasteiger partial charge < -0.3 is 4.74 Å². The third-order valence-electron chi connectivity index (χ3n) is 3.86. The van der Waals surface area contributed by atoms with E-state index >= 15 is 0 Å². The van der Waals surface area contributed by atoms with Gasteiger partial charge >= 0.3 is 6.36 Å². The molecule has 1 aromatic carbocycles. The quantitative estimate of drug-likeness (QED) is 0.447. The number of hydrogen-bond donors (Lipinski definition) is 0. The Morgan fingerprint density at radius 3 is 2.05 bits per heavy atom. The van der Waals surface area contributed by atoms with Gasteiger partial charge in [-0.15, -0.1) is 13.2 Å². The summed E-state index contributed by atoms with van der Waals surface area (Å²) < 4.78 is 40.3. The van der Waals surface area contributed by atoms with E-state index in [2.05, 4.69) is 18.6 Å². The van der Waals surface area contributed by atoms with E-state index in [1.807, 2.05) is 0 Å². The highest BCUT2D eigenvalue weighted by atomic mass is 19.4. The van der Waals surface area contributed by atoms with Gasteiger partial charge in [-0.05, 0) is 30.0 Å². The lowest BCUT2D eigenvalue weighted by atomic mass is 9.89. The first-order valence-electron chi connectivity index (χ1n) is 8.29. The zero-order chi connectivity index (χ0) is 16.4. The summed E-state index contributed by atoms with van der Waals surface area (Å²) in [6.07, 6.45) is 4.82. The van der Waals surface area contributed by atoms with E-state index in [0.717, 1.165) is 12.0 Å². The van der Waals surface area contributed by atoms with Crippen molar-refractivity contribution in [2.24, 2.45) is 5.92 Å². The maximum absolute atomic E-state index is 12.1. The van der Waals surface area contributed by atoms with Crippen LogP contribution in [0.5, 0.6) is 5.75 Å². The first-order valence-corrected chi connectivity index (χ1v) is 8.29. The summed E-state index contributed by atoms with van der Waals surface area (Å²) in [4.78, 5) is 0. The molecule has 0 aliphatic rings. The zero-order valence-corrected chi connectivity index (χ0v) is 13.6. The minimum Gasteiger partial charge on any atom is -0.406 e. The summed E-state index contributed by atoms with van der Waals surface area (Å²) in [7, 11) is 0. The second-order valence-electron chi connectivity index (χ2n) is 5.90. The Hall–Kier alpha value is -1.19. The second kappa shape index (κ2) is 9.75. The third kappa shape index (κ3) is 8.30. The zero-order valence-electron chi connectivity index (χ0n) is 13.6. The molecule has 0 aliphatic carbocycles. The Morgan fingerprint density at radius 2 is 1.50 bits per heavy atom. The molecule has 0 amide bonds. The van der Waals surface area contributed by atoms with Crippen molar-refractivity contribution in [3.8, 4) is 5.75 Å². The van der Waals surface area contributed by atoms with Crippen molar-refractivity contribution in [2.45, 2.75) is 71.6 Å². The SMILES string of the molecule is CCCCCC(CCCC)Cc1ccc(OC(F)(F)F)cc1. The molecule has 126 valence electrons. The first kappa shape index (κ1) is 18.9. The van der Waals surface area contributed by atoms with Gasteiger partial charge in [0.05, 0.1) is 0 Å². The highest BCUT2D eigenvalue weighted by Gasteiger charge is 2.30. The average molecular weight is 316 g/mol. The first-order chi connectivity index (χ1) is 10.4. The molecule has 0 bridgehead atoms. The minimum atomic E-state index is -4.62.